The number of pyridine rings is 1. The molecule has 0 unspecified atom stereocenters. The van der Waals surface area contributed by atoms with E-state index >= 15 is 0 Å². The van der Waals surface area contributed by atoms with Crippen molar-refractivity contribution < 1.29 is 4.79 Å². The van der Waals surface area contributed by atoms with Crippen LogP contribution in [0.4, 0.5) is 0 Å². The second-order valence-electron chi connectivity index (χ2n) is 6.44. The first-order chi connectivity index (χ1) is 12.1. The third-order valence-electron chi connectivity index (χ3n) is 4.68. The molecule has 1 atom stereocenters. The number of hydrogen-bond acceptors (Lipinski definition) is 5. The van der Waals surface area contributed by atoms with Gasteiger partial charge in [-0.15, -0.1) is 5.10 Å². The van der Waals surface area contributed by atoms with Crippen LogP contribution in [-0.2, 0) is 0 Å². The summed E-state index contributed by atoms with van der Waals surface area (Å²) in [5.74, 6) is -0.105. The van der Waals surface area contributed by atoms with Crippen molar-refractivity contribution in [1.82, 2.24) is 24.9 Å². The van der Waals surface area contributed by atoms with Gasteiger partial charge in [-0.1, -0.05) is 23.4 Å². The van der Waals surface area contributed by atoms with Crippen LogP contribution >= 0.6 is 0 Å². The average molecular weight is 336 g/mol. The van der Waals surface area contributed by atoms with Gasteiger partial charge >= 0.3 is 0 Å². The number of rotatable bonds is 2. The molecule has 0 spiro atoms. The molecule has 4 rings (SSSR count). The van der Waals surface area contributed by atoms with Gasteiger partial charge < -0.3 is 10.6 Å². The molecule has 128 valence electrons. The molecule has 0 bridgehead atoms. The zero-order valence-corrected chi connectivity index (χ0v) is 14.1. The standard InChI is InChI=1S/C18H20N6O/c1-12-16(18(25)23-10-4-7-14(19)11-23)21-22-24(12)15-8-2-5-13-6-3-9-20-17(13)15/h2-3,5-6,8-9,14H,4,7,10-11,19H2,1H3/t14-/m1/s1. The zero-order valence-electron chi connectivity index (χ0n) is 14.1. The predicted molar refractivity (Wildman–Crippen MR) is 94.5 cm³/mol. The van der Waals surface area contributed by atoms with Crippen molar-refractivity contribution in [3.05, 3.63) is 47.9 Å². The van der Waals surface area contributed by atoms with Gasteiger partial charge in [-0.25, -0.2) is 4.68 Å². The Hall–Kier alpha value is -2.80. The number of nitrogens with zero attached hydrogens (tertiary/aromatic N) is 5. The molecule has 1 amide bonds. The third-order valence-corrected chi connectivity index (χ3v) is 4.68. The fourth-order valence-corrected chi connectivity index (χ4v) is 3.36. The van der Waals surface area contributed by atoms with Crippen LogP contribution in [0.2, 0.25) is 0 Å². The monoisotopic (exact) mass is 336 g/mol. The molecule has 25 heavy (non-hydrogen) atoms. The summed E-state index contributed by atoms with van der Waals surface area (Å²) in [6.45, 7) is 3.15. The number of para-hydroxylation sites is 1. The Morgan fingerprint density at radius 2 is 2.12 bits per heavy atom. The van der Waals surface area contributed by atoms with Crippen molar-refractivity contribution >= 4 is 16.8 Å². The van der Waals surface area contributed by atoms with E-state index in [1.807, 2.05) is 37.3 Å². The normalized spacial score (nSPS) is 17.8. The maximum Gasteiger partial charge on any atom is 0.276 e. The van der Waals surface area contributed by atoms with Crippen LogP contribution in [0, 0.1) is 6.92 Å². The van der Waals surface area contributed by atoms with Crippen LogP contribution in [0.25, 0.3) is 16.6 Å². The lowest BCUT2D eigenvalue weighted by molar-refractivity contribution is 0.0702. The average Bonchev–Trinajstić information content (AvgIpc) is 3.02. The minimum Gasteiger partial charge on any atom is -0.336 e. The van der Waals surface area contributed by atoms with E-state index < -0.39 is 0 Å². The molecule has 1 aliphatic rings. The summed E-state index contributed by atoms with van der Waals surface area (Å²) in [5, 5.41) is 9.39. The number of fused-ring (bicyclic) bond motifs is 1. The lowest BCUT2D eigenvalue weighted by Crippen LogP contribution is -2.46. The second kappa shape index (κ2) is 6.25. The molecule has 2 N–H and O–H groups in total. The predicted octanol–water partition coefficient (Wildman–Crippen LogP) is 1.69. The maximum absolute atomic E-state index is 12.8. The van der Waals surface area contributed by atoms with Crippen molar-refractivity contribution in [2.75, 3.05) is 13.1 Å². The molecular formula is C18H20N6O. The Labute approximate surface area is 145 Å². The Morgan fingerprint density at radius 3 is 2.96 bits per heavy atom. The summed E-state index contributed by atoms with van der Waals surface area (Å²) in [7, 11) is 0. The first kappa shape index (κ1) is 15.7. The van der Waals surface area contributed by atoms with E-state index in [2.05, 4.69) is 15.3 Å². The molecule has 3 heterocycles. The number of carbonyl (C=O) groups excluding carboxylic acids is 1. The minimum atomic E-state index is -0.105. The summed E-state index contributed by atoms with van der Waals surface area (Å²) in [5.41, 5.74) is 8.73. The van der Waals surface area contributed by atoms with Gasteiger partial charge in [0, 0.05) is 30.7 Å². The van der Waals surface area contributed by atoms with E-state index in [1.54, 1.807) is 15.8 Å². The highest BCUT2D eigenvalue weighted by Gasteiger charge is 2.27. The topological polar surface area (TPSA) is 89.9 Å². The first-order valence-corrected chi connectivity index (χ1v) is 8.46. The molecule has 0 saturated carbocycles. The van der Waals surface area contributed by atoms with Gasteiger partial charge in [-0.2, -0.15) is 0 Å². The third kappa shape index (κ3) is 2.76. The van der Waals surface area contributed by atoms with E-state index in [0.29, 0.717) is 24.5 Å². The van der Waals surface area contributed by atoms with Gasteiger partial charge in [0.25, 0.3) is 5.91 Å². The number of amides is 1. The van der Waals surface area contributed by atoms with Crippen LogP contribution in [0.1, 0.15) is 29.0 Å². The second-order valence-corrected chi connectivity index (χ2v) is 6.44. The largest absolute Gasteiger partial charge is 0.336 e. The quantitative estimate of drug-likeness (QED) is 0.769. The van der Waals surface area contributed by atoms with E-state index in [9.17, 15) is 4.79 Å². The summed E-state index contributed by atoms with van der Waals surface area (Å²) in [4.78, 5) is 19.0. The van der Waals surface area contributed by atoms with Crippen molar-refractivity contribution in [2.45, 2.75) is 25.8 Å². The molecule has 1 saturated heterocycles. The molecule has 1 aliphatic heterocycles. The molecule has 1 fully saturated rings. The van der Waals surface area contributed by atoms with E-state index in [4.69, 9.17) is 5.73 Å². The van der Waals surface area contributed by atoms with Gasteiger partial charge in [0.1, 0.15) is 0 Å². The summed E-state index contributed by atoms with van der Waals surface area (Å²) >= 11 is 0. The Morgan fingerprint density at radius 1 is 1.28 bits per heavy atom. The zero-order chi connectivity index (χ0) is 17.4. The SMILES string of the molecule is Cc1c(C(=O)N2CCC[C@@H](N)C2)nnn1-c1cccc2cccnc12. The summed E-state index contributed by atoms with van der Waals surface area (Å²) in [6.07, 6.45) is 3.63. The van der Waals surface area contributed by atoms with Crippen molar-refractivity contribution in [1.29, 1.82) is 0 Å². The van der Waals surface area contributed by atoms with Gasteiger partial charge in [-0.3, -0.25) is 9.78 Å². The van der Waals surface area contributed by atoms with Crippen LogP contribution in [0.3, 0.4) is 0 Å². The lowest BCUT2D eigenvalue weighted by Gasteiger charge is -2.30. The molecule has 1 aromatic carbocycles. The van der Waals surface area contributed by atoms with Gasteiger partial charge in [0.05, 0.1) is 16.9 Å². The van der Waals surface area contributed by atoms with Crippen molar-refractivity contribution in [3.63, 3.8) is 0 Å². The Bertz CT molecular complexity index is 929. The number of nitrogens with two attached hydrogens (primary N) is 1. The molecule has 0 aliphatic carbocycles. The maximum atomic E-state index is 12.8. The molecule has 7 nitrogen and oxygen atoms in total. The molecule has 7 heteroatoms. The highest BCUT2D eigenvalue weighted by Crippen LogP contribution is 2.22. The Balaban J connectivity index is 1.72. The number of carbonyl (C=O) groups is 1. The fraction of sp³-hybridized carbons (Fsp3) is 0.333. The number of piperidine rings is 1. The smallest absolute Gasteiger partial charge is 0.276 e. The molecule has 0 radical (unpaired) electrons. The highest BCUT2D eigenvalue weighted by atomic mass is 16.2. The van der Waals surface area contributed by atoms with E-state index in [-0.39, 0.29) is 11.9 Å². The fourth-order valence-electron chi connectivity index (χ4n) is 3.36. The first-order valence-electron chi connectivity index (χ1n) is 8.46. The van der Waals surface area contributed by atoms with Gasteiger partial charge in [0.2, 0.25) is 0 Å². The van der Waals surface area contributed by atoms with Gasteiger partial charge in [0.15, 0.2) is 5.69 Å². The number of benzene rings is 1. The number of aromatic nitrogens is 4. The molecular weight excluding hydrogens is 316 g/mol. The van der Waals surface area contributed by atoms with Crippen LogP contribution < -0.4 is 5.73 Å². The summed E-state index contributed by atoms with van der Waals surface area (Å²) < 4.78 is 1.69. The van der Waals surface area contributed by atoms with Gasteiger partial charge in [-0.05, 0) is 31.9 Å². The van der Waals surface area contributed by atoms with E-state index in [1.165, 1.54) is 0 Å². The van der Waals surface area contributed by atoms with Crippen molar-refractivity contribution in [2.24, 2.45) is 5.73 Å². The molecule has 3 aromatic rings. The summed E-state index contributed by atoms with van der Waals surface area (Å²) in [6, 6.07) is 9.82. The number of hydrogen-bond donors (Lipinski definition) is 1. The molecule has 2 aromatic heterocycles. The van der Waals surface area contributed by atoms with Crippen molar-refractivity contribution in [3.8, 4) is 5.69 Å². The number of likely N-dealkylation sites (tertiary alicyclic amines) is 1. The lowest BCUT2D eigenvalue weighted by atomic mass is 10.1. The van der Waals surface area contributed by atoms with Crippen LogP contribution in [0.5, 0.6) is 0 Å². The van der Waals surface area contributed by atoms with Crippen LogP contribution in [-0.4, -0.2) is 49.9 Å². The highest BCUT2D eigenvalue weighted by molar-refractivity contribution is 5.94. The van der Waals surface area contributed by atoms with E-state index in [0.717, 1.165) is 29.4 Å². The van der Waals surface area contributed by atoms with Crippen LogP contribution in [0.15, 0.2) is 36.5 Å². The Kier molecular flexibility index (Phi) is 3.93. The minimum absolute atomic E-state index is 0.0373.